The van der Waals surface area contributed by atoms with Crippen LogP contribution in [0.5, 0.6) is 0 Å². The summed E-state index contributed by atoms with van der Waals surface area (Å²) in [6.45, 7) is -0.0405. The number of hydrogen-bond donors (Lipinski definition) is 0. The van der Waals surface area contributed by atoms with E-state index in [-0.39, 0.29) is 6.85 Å². The Hall–Kier alpha value is -6.92. The molecule has 8 aromatic rings. The van der Waals surface area contributed by atoms with E-state index in [9.17, 15) is 0 Å². The Morgan fingerprint density at radius 1 is 0.462 bits per heavy atom. The topological polar surface area (TPSA) is 54.8 Å². The monoisotopic (exact) mass is 663 g/mol. The van der Waals surface area contributed by atoms with Crippen molar-refractivity contribution in [1.29, 1.82) is 0 Å². The van der Waals surface area contributed by atoms with Gasteiger partial charge in [-0.05, 0) is 45.4 Å². The first kappa shape index (κ1) is 30.0. The van der Waals surface area contributed by atoms with Crippen molar-refractivity contribution in [2.75, 3.05) is 4.81 Å². The summed E-state index contributed by atoms with van der Waals surface area (Å²) in [5, 5.41) is 1.09. The van der Waals surface area contributed by atoms with Gasteiger partial charge in [-0.3, -0.25) is 4.98 Å². The molecule has 4 heterocycles. The van der Waals surface area contributed by atoms with E-state index in [1.165, 1.54) is 33.3 Å². The van der Waals surface area contributed by atoms with Gasteiger partial charge in [-0.25, -0.2) is 15.0 Å². The number of anilines is 1. The first-order valence-electron chi connectivity index (χ1n) is 17.5. The molecule has 52 heavy (non-hydrogen) atoms. The molecule has 0 saturated heterocycles. The van der Waals surface area contributed by atoms with E-state index >= 15 is 0 Å². The van der Waals surface area contributed by atoms with Crippen molar-refractivity contribution in [3.05, 3.63) is 188 Å². The smallest absolute Gasteiger partial charge is 0.320 e. The van der Waals surface area contributed by atoms with Crippen LogP contribution >= 0.6 is 0 Å². The van der Waals surface area contributed by atoms with Gasteiger partial charge < -0.3 is 4.81 Å². The van der Waals surface area contributed by atoms with E-state index in [1.807, 2.05) is 72.9 Å². The Labute approximate surface area is 302 Å². The fourth-order valence-corrected chi connectivity index (χ4v) is 7.52. The van der Waals surface area contributed by atoms with Crippen LogP contribution in [0.15, 0.2) is 182 Å². The maximum atomic E-state index is 5.05. The number of pyridine rings is 1. The van der Waals surface area contributed by atoms with Crippen LogP contribution in [0, 0.1) is 0 Å². The summed E-state index contributed by atoms with van der Waals surface area (Å²) in [5.41, 5.74) is 13.2. The molecule has 0 fully saturated rings. The Kier molecular flexibility index (Phi) is 7.17. The maximum absolute atomic E-state index is 5.05. The van der Waals surface area contributed by atoms with Crippen molar-refractivity contribution in [3.63, 3.8) is 0 Å². The summed E-state index contributed by atoms with van der Waals surface area (Å²) < 4.78 is 0. The second-order valence-electron chi connectivity index (χ2n) is 13.1. The molecule has 0 N–H and O–H groups in total. The van der Waals surface area contributed by atoms with Gasteiger partial charge in [-0.15, -0.1) is 0 Å². The third-order valence-electron chi connectivity index (χ3n) is 9.98. The third-order valence-corrected chi connectivity index (χ3v) is 9.98. The second kappa shape index (κ2) is 12.4. The summed E-state index contributed by atoms with van der Waals surface area (Å²) in [7, 11) is 0. The van der Waals surface area contributed by atoms with Crippen molar-refractivity contribution in [3.8, 4) is 56.2 Å². The van der Waals surface area contributed by atoms with Gasteiger partial charge in [0, 0.05) is 40.0 Å². The zero-order valence-electron chi connectivity index (χ0n) is 28.1. The van der Waals surface area contributed by atoms with Gasteiger partial charge in [-0.2, -0.15) is 0 Å². The molecule has 0 atom stereocenters. The van der Waals surface area contributed by atoms with Crippen LogP contribution < -0.4 is 10.3 Å². The predicted octanol–water partition coefficient (Wildman–Crippen LogP) is 9.92. The molecule has 6 heteroatoms. The van der Waals surface area contributed by atoms with Crippen molar-refractivity contribution < 1.29 is 0 Å². The molecule has 242 valence electrons. The molecule has 2 aromatic heterocycles. The Morgan fingerprint density at radius 3 is 1.77 bits per heavy atom. The lowest BCUT2D eigenvalue weighted by molar-refractivity contribution is 1.04. The second-order valence-corrected chi connectivity index (χ2v) is 13.1. The summed E-state index contributed by atoms with van der Waals surface area (Å²) in [5.74, 6) is 4.17. The average Bonchev–Trinajstić information content (AvgIpc) is 3.24. The molecule has 0 unspecified atom stereocenters. The van der Waals surface area contributed by atoms with Gasteiger partial charge >= 0.3 is 6.85 Å². The minimum atomic E-state index is -0.0405. The van der Waals surface area contributed by atoms with E-state index in [4.69, 9.17) is 19.9 Å². The first-order chi connectivity index (χ1) is 25.8. The van der Waals surface area contributed by atoms with E-state index in [0.717, 1.165) is 38.9 Å². The van der Waals surface area contributed by atoms with Crippen LogP contribution in [0.1, 0.15) is 5.82 Å². The summed E-state index contributed by atoms with van der Waals surface area (Å²) >= 11 is 0. The van der Waals surface area contributed by atoms with Crippen LogP contribution in [0.4, 0.5) is 5.69 Å². The van der Waals surface area contributed by atoms with Crippen LogP contribution in [0.25, 0.3) is 72.6 Å². The van der Waals surface area contributed by atoms with Gasteiger partial charge in [0.2, 0.25) is 0 Å². The lowest BCUT2D eigenvalue weighted by Gasteiger charge is -2.37. The number of rotatable bonds is 5. The van der Waals surface area contributed by atoms with E-state index in [2.05, 4.69) is 114 Å². The highest BCUT2D eigenvalue weighted by Gasteiger charge is 2.36. The molecule has 0 bridgehead atoms. The summed E-state index contributed by atoms with van der Waals surface area (Å²) in [6.07, 6.45) is 6.23. The first-order valence-corrected chi connectivity index (χ1v) is 17.5. The zero-order valence-corrected chi connectivity index (χ0v) is 28.1. The average molecular weight is 664 g/mol. The number of fused-ring (bicyclic) bond motifs is 8. The molecule has 6 aromatic carbocycles. The highest BCUT2D eigenvalue weighted by molar-refractivity contribution is 6.84. The van der Waals surface area contributed by atoms with Crippen molar-refractivity contribution in [2.45, 2.75) is 0 Å². The standard InChI is InChI=1S/C46H30BN5/c1-4-13-31(14-5-1)37-20-10-11-21-38(37)35-23-25-41-40(29-35)39-24-22-32-19-12-28-48-42(32)43(39)52-30-36(26-27-47(41)52)46-50-44(33-15-6-2-7-16-33)49-45(51-46)34-17-8-3-9-18-34/h1-30H. The number of aromatic nitrogens is 4. The summed E-state index contributed by atoms with van der Waals surface area (Å²) in [6, 6.07) is 55.0. The molecular weight excluding hydrogens is 633 g/mol. The zero-order chi connectivity index (χ0) is 34.4. The molecule has 0 spiro atoms. The van der Waals surface area contributed by atoms with Gasteiger partial charge in [0.1, 0.15) is 0 Å². The third kappa shape index (κ3) is 5.12. The lowest BCUT2D eigenvalue weighted by atomic mass is 9.49. The van der Waals surface area contributed by atoms with Gasteiger partial charge in [0.25, 0.3) is 0 Å². The normalized spacial score (nSPS) is 13.0. The molecule has 0 saturated carbocycles. The number of benzene rings is 6. The number of nitrogens with zero attached hydrogens (tertiary/aromatic N) is 5. The van der Waals surface area contributed by atoms with E-state index in [0.29, 0.717) is 17.5 Å². The molecule has 0 radical (unpaired) electrons. The van der Waals surface area contributed by atoms with E-state index < -0.39 is 0 Å². The SMILES string of the molecule is C1=CC(c2nc(-c3ccccc3)nc(-c3ccccc3)n2)=CN2B1c1ccc(-c3ccccc3-c3ccccc3)cc1-c1ccc3cccnc3c12. The van der Waals surface area contributed by atoms with Crippen LogP contribution in [0.3, 0.4) is 0 Å². The molecule has 0 amide bonds. The fraction of sp³-hybridized carbons (Fsp3) is 0. The maximum Gasteiger partial charge on any atom is 0.320 e. The minimum Gasteiger partial charge on any atom is -0.381 e. The van der Waals surface area contributed by atoms with Gasteiger partial charge in [-0.1, -0.05) is 158 Å². The molecule has 2 aliphatic heterocycles. The Bertz CT molecular complexity index is 2630. The molecule has 0 aliphatic carbocycles. The highest BCUT2D eigenvalue weighted by atomic mass is 15.1. The fourth-order valence-electron chi connectivity index (χ4n) is 7.52. The summed E-state index contributed by atoms with van der Waals surface area (Å²) in [4.78, 5) is 22.3. The molecule has 10 rings (SSSR count). The van der Waals surface area contributed by atoms with Crippen molar-refractivity contribution >= 4 is 34.5 Å². The number of allylic oxidation sites excluding steroid dienone is 2. The molecule has 5 nitrogen and oxygen atoms in total. The lowest BCUT2D eigenvalue weighted by Crippen LogP contribution is -2.49. The molecular formula is C46H30BN5. The quantitative estimate of drug-likeness (QED) is 0.172. The van der Waals surface area contributed by atoms with Gasteiger partial charge in [0.05, 0.1) is 11.2 Å². The Balaban J connectivity index is 1.14. The van der Waals surface area contributed by atoms with Gasteiger partial charge in [0.15, 0.2) is 17.5 Å². The van der Waals surface area contributed by atoms with Crippen LogP contribution in [-0.4, -0.2) is 26.8 Å². The Morgan fingerprint density at radius 2 is 1.08 bits per heavy atom. The predicted molar refractivity (Wildman–Crippen MR) is 214 cm³/mol. The number of hydrogen-bond acceptors (Lipinski definition) is 5. The molecule has 2 aliphatic rings. The van der Waals surface area contributed by atoms with E-state index in [1.54, 1.807) is 0 Å². The highest BCUT2D eigenvalue weighted by Crippen LogP contribution is 2.44. The van der Waals surface area contributed by atoms with Crippen LogP contribution in [0.2, 0.25) is 0 Å². The van der Waals surface area contributed by atoms with Crippen molar-refractivity contribution in [2.24, 2.45) is 0 Å². The van der Waals surface area contributed by atoms with Crippen LogP contribution in [-0.2, 0) is 0 Å². The van der Waals surface area contributed by atoms with Crippen molar-refractivity contribution in [1.82, 2.24) is 19.9 Å². The minimum absolute atomic E-state index is 0.0405. The largest absolute Gasteiger partial charge is 0.381 e.